The Morgan fingerprint density at radius 1 is 1.53 bits per heavy atom. The molecule has 1 unspecified atom stereocenters. The molecular weight excluding hydrogens is 262 g/mol. The lowest BCUT2D eigenvalue weighted by Crippen LogP contribution is -2.39. The van der Waals surface area contributed by atoms with E-state index in [0.29, 0.717) is 5.95 Å². The SMILES string of the molecule is COC1CCCN(c2nc(NN)nc3sccc23)C1. The number of nitrogens with two attached hydrogens (primary N) is 1. The molecule has 2 aromatic heterocycles. The fourth-order valence-corrected chi connectivity index (χ4v) is 3.23. The summed E-state index contributed by atoms with van der Waals surface area (Å²) >= 11 is 1.60. The summed E-state index contributed by atoms with van der Waals surface area (Å²) in [4.78, 5) is 12.1. The number of hydrogen-bond donors (Lipinski definition) is 2. The maximum Gasteiger partial charge on any atom is 0.240 e. The van der Waals surface area contributed by atoms with Gasteiger partial charge in [0.05, 0.1) is 11.5 Å². The van der Waals surface area contributed by atoms with Gasteiger partial charge in [0.25, 0.3) is 0 Å². The van der Waals surface area contributed by atoms with Crippen molar-refractivity contribution < 1.29 is 4.74 Å². The maximum atomic E-state index is 5.47. The molecule has 1 saturated heterocycles. The fraction of sp³-hybridized carbons (Fsp3) is 0.500. The van der Waals surface area contributed by atoms with Crippen molar-refractivity contribution in [3.05, 3.63) is 11.4 Å². The second-order valence-corrected chi connectivity index (χ2v) is 5.50. The van der Waals surface area contributed by atoms with E-state index in [1.54, 1.807) is 18.4 Å². The molecule has 0 saturated carbocycles. The van der Waals surface area contributed by atoms with E-state index in [0.717, 1.165) is 42.0 Å². The van der Waals surface area contributed by atoms with Gasteiger partial charge in [-0.15, -0.1) is 11.3 Å². The number of nitrogen functional groups attached to an aromatic ring is 1. The van der Waals surface area contributed by atoms with Gasteiger partial charge in [0.15, 0.2) is 0 Å². The number of anilines is 2. The smallest absolute Gasteiger partial charge is 0.240 e. The monoisotopic (exact) mass is 279 g/mol. The van der Waals surface area contributed by atoms with Crippen LogP contribution in [0.5, 0.6) is 0 Å². The third kappa shape index (κ3) is 2.36. The maximum absolute atomic E-state index is 5.47. The Labute approximate surface area is 115 Å². The number of hydrogen-bond acceptors (Lipinski definition) is 7. The molecule has 7 heteroatoms. The van der Waals surface area contributed by atoms with Gasteiger partial charge < -0.3 is 9.64 Å². The van der Waals surface area contributed by atoms with Gasteiger partial charge in [-0.25, -0.2) is 10.8 Å². The largest absolute Gasteiger partial charge is 0.380 e. The van der Waals surface area contributed by atoms with E-state index in [2.05, 4.69) is 26.4 Å². The highest BCUT2D eigenvalue weighted by Crippen LogP contribution is 2.30. The van der Waals surface area contributed by atoms with Crippen LogP contribution in [-0.4, -0.2) is 36.3 Å². The van der Waals surface area contributed by atoms with Gasteiger partial charge in [0.1, 0.15) is 10.6 Å². The van der Waals surface area contributed by atoms with Crippen LogP contribution in [0.3, 0.4) is 0 Å². The zero-order valence-corrected chi connectivity index (χ0v) is 11.6. The fourth-order valence-electron chi connectivity index (χ4n) is 2.47. The number of thiophene rings is 1. The molecule has 19 heavy (non-hydrogen) atoms. The second-order valence-electron chi connectivity index (χ2n) is 4.60. The van der Waals surface area contributed by atoms with E-state index in [-0.39, 0.29) is 6.10 Å². The van der Waals surface area contributed by atoms with Crippen LogP contribution in [0.2, 0.25) is 0 Å². The first-order valence-electron chi connectivity index (χ1n) is 6.31. The number of hydrazine groups is 1. The van der Waals surface area contributed by atoms with Crippen LogP contribution in [0.25, 0.3) is 10.2 Å². The molecule has 1 fully saturated rings. The van der Waals surface area contributed by atoms with Gasteiger partial charge in [-0.3, -0.25) is 5.43 Å². The van der Waals surface area contributed by atoms with Crippen LogP contribution in [-0.2, 0) is 4.74 Å². The number of nitrogens with one attached hydrogen (secondary N) is 1. The molecule has 1 aliphatic rings. The summed E-state index contributed by atoms with van der Waals surface area (Å²) in [7, 11) is 1.77. The van der Waals surface area contributed by atoms with E-state index >= 15 is 0 Å². The summed E-state index contributed by atoms with van der Waals surface area (Å²) in [6.45, 7) is 1.86. The van der Waals surface area contributed by atoms with E-state index < -0.39 is 0 Å². The number of rotatable bonds is 3. The van der Waals surface area contributed by atoms with Crippen molar-refractivity contribution in [2.45, 2.75) is 18.9 Å². The Hall–Kier alpha value is -1.44. The minimum absolute atomic E-state index is 0.270. The molecule has 102 valence electrons. The first-order chi connectivity index (χ1) is 9.31. The molecule has 1 aliphatic heterocycles. The normalized spacial score (nSPS) is 19.9. The third-order valence-corrected chi connectivity index (χ3v) is 4.25. The number of piperidine rings is 1. The summed E-state index contributed by atoms with van der Waals surface area (Å²) < 4.78 is 5.47. The van der Waals surface area contributed by atoms with Gasteiger partial charge in [0, 0.05) is 20.2 Å². The van der Waals surface area contributed by atoms with E-state index in [4.69, 9.17) is 10.6 Å². The summed E-state index contributed by atoms with van der Waals surface area (Å²) in [6.07, 6.45) is 2.48. The lowest BCUT2D eigenvalue weighted by atomic mass is 10.1. The number of nitrogens with zero attached hydrogens (tertiary/aromatic N) is 3. The van der Waals surface area contributed by atoms with Crippen molar-refractivity contribution >= 4 is 33.3 Å². The molecule has 0 aromatic carbocycles. The minimum Gasteiger partial charge on any atom is -0.380 e. The Morgan fingerprint density at radius 3 is 3.21 bits per heavy atom. The van der Waals surface area contributed by atoms with Crippen LogP contribution in [0, 0.1) is 0 Å². The lowest BCUT2D eigenvalue weighted by molar-refractivity contribution is 0.0892. The first kappa shape index (κ1) is 12.6. The first-order valence-corrected chi connectivity index (χ1v) is 7.19. The Kier molecular flexibility index (Phi) is 3.50. The molecule has 3 heterocycles. The summed E-state index contributed by atoms with van der Waals surface area (Å²) in [5.74, 6) is 6.86. The van der Waals surface area contributed by atoms with Crippen LogP contribution in [0.1, 0.15) is 12.8 Å². The molecule has 3 N–H and O–H groups in total. The van der Waals surface area contributed by atoms with Crippen molar-refractivity contribution in [3.8, 4) is 0 Å². The second kappa shape index (κ2) is 5.28. The molecular formula is C12H17N5OS. The summed E-state index contributed by atoms with van der Waals surface area (Å²) in [6, 6.07) is 2.06. The Bertz CT molecular complexity index is 572. The Morgan fingerprint density at radius 2 is 2.42 bits per heavy atom. The lowest BCUT2D eigenvalue weighted by Gasteiger charge is -2.33. The highest BCUT2D eigenvalue weighted by molar-refractivity contribution is 7.16. The van der Waals surface area contributed by atoms with Crippen LogP contribution >= 0.6 is 11.3 Å². The summed E-state index contributed by atoms with van der Waals surface area (Å²) in [5, 5.41) is 3.11. The highest BCUT2D eigenvalue weighted by Gasteiger charge is 2.23. The zero-order valence-electron chi connectivity index (χ0n) is 10.8. The van der Waals surface area contributed by atoms with Crippen molar-refractivity contribution in [1.29, 1.82) is 0 Å². The van der Waals surface area contributed by atoms with Gasteiger partial charge in [-0.05, 0) is 24.3 Å². The molecule has 0 aliphatic carbocycles. The average Bonchev–Trinajstić information content (AvgIpc) is 2.94. The van der Waals surface area contributed by atoms with E-state index in [1.807, 2.05) is 5.38 Å². The minimum atomic E-state index is 0.270. The van der Waals surface area contributed by atoms with Crippen molar-refractivity contribution in [2.24, 2.45) is 5.84 Å². The standard InChI is InChI=1S/C12H17N5OS/c1-18-8-3-2-5-17(7-8)10-9-4-6-19-11(9)15-12(14-10)16-13/h4,6,8H,2-3,5,7,13H2,1H3,(H,14,15,16). The highest BCUT2D eigenvalue weighted by atomic mass is 32.1. The quantitative estimate of drug-likeness (QED) is 0.656. The van der Waals surface area contributed by atoms with Crippen LogP contribution in [0.4, 0.5) is 11.8 Å². The molecule has 3 rings (SSSR count). The van der Waals surface area contributed by atoms with Gasteiger partial charge in [-0.2, -0.15) is 4.98 Å². The topological polar surface area (TPSA) is 76.3 Å². The molecule has 2 aromatic rings. The molecule has 1 atom stereocenters. The molecule has 0 radical (unpaired) electrons. The van der Waals surface area contributed by atoms with Crippen LogP contribution < -0.4 is 16.2 Å². The molecule has 0 bridgehead atoms. The molecule has 0 amide bonds. The Balaban J connectivity index is 2.00. The third-order valence-electron chi connectivity index (χ3n) is 3.45. The number of methoxy groups -OCH3 is 1. The van der Waals surface area contributed by atoms with Gasteiger partial charge in [-0.1, -0.05) is 0 Å². The zero-order chi connectivity index (χ0) is 13.2. The van der Waals surface area contributed by atoms with Crippen molar-refractivity contribution in [2.75, 3.05) is 30.5 Å². The molecule has 0 spiro atoms. The molecule has 6 nitrogen and oxygen atoms in total. The predicted molar refractivity (Wildman–Crippen MR) is 77.5 cm³/mol. The average molecular weight is 279 g/mol. The van der Waals surface area contributed by atoms with E-state index in [1.165, 1.54) is 0 Å². The number of fused-ring (bicyclic) bond motifs is 1. The predicted octanol–water partition coefficient (Wildman–Crippen LogP) is 1.59. The van der Waals surface area contributed by atoms with Gasteiger partial charge in [0.2, 0.25) is 5.95 Å². The van der Waals surface area contributed by atoms with Crippen molar-refractivity contribution in [3.63, 3.8) is 0 Å². The number of aromatic nitrogens is 2. The summed E-state index contributed by atoms with van der Waals surface area (Å²) in [5.41, 5.74) is 2.54. The van der Waals surface area contributed by atoms with Crippen molar-refractivity contribution in [1.82, 2.24) is 9.97 Å². The number of ether oxygens (including phenoxy) is 1. The van der Waals surface area contributed by atoms with E-state index in [9.17, 15) is 0 Å². The van der Waals surface area contributed by atoms with Crippen LogP contribution in [0.15, 0.2) is 11.4 Å². The van der Waals surface area contributed by atoms with Gasteiger partial charge >= 0.3 is 0 Å².